The maximum atomic E-state index is 11.7. The van der Waals surface area contributed by atoms with Gasteiger partial charge in [-0.05, 0) is 6.92 Å². The number of anilines is 1. The van der Waals surface area contributed by atoms with Crippen LogP contribution in [0.1, 0.15) is 12.8 Å². The van der Waals surface area contributed by atoms with E-state index in [4.69, 9.17) is 4.42 Å². The fourth-order valence-corrected chi connectivity index (χ4v) is 2.84. The van der Waals surface area contributed by atoms with Crippen LogP contribution in [0, 0.1) is 6.92 Å². The number of aromatic nitrogens is 2. The molecule has 1 aliphatic heterocycles. The topological polar surface area (TPSA) is 79.5 Å². The predicted molar refractivity (Wildman–Crippen MR) is 62.3 cm³/mol. The van der Waals surface area contributed by atoms with Crippen LogP contribution in [0.15, 0.2) is 4.42 Å². The third-order valence-electron chi connectivity index (χ3n) is 2.78. The van der Waals surface area contributed by atoms with Gasteiger partial charge in [0.15, 0.2) is 0 Å². The number of rotatable bonds is 3. The van der Waals surface area contributed by atoms with Gasteiger partial charge < -0.3 is 9.32 Å². The molecule has 1 saturated heterocycles. The maximum absolute atomic E-state index is 11.7. The molecule has 0 bridgehead atoms. The number of hydrogen-bond donors (Lipinski definition) is 0. The fourth-order valence-electron chi connectivity index (χ4n) is 1.75. The Morgan fingerprint density at radius 1 is 1.24 bits per heavy atom. The zero-order valence-electron chi connectivity index (χ0n) is 9.96. The Labute approximate surface area is 100 Å². The normalized spacial score (nSPS) is 18.6. The second-order valence-corrected chi connectivity index (χ2v) is 6.15. The lowest BCUT2D eigenvalue weighted by Gasteiger charge is -2.32. The maximum Gasteiger partial charge on any atom is 0.318 e. The van der Waals surface area contributed by atoms with Crippen LogP contribution in [0.3, 0.4) is 0 Å². The second-order valence-electron chi connectivity index (χ2n) is 3.89. The zero-order valence-corrected chi connectivity index (χ0v) is 10.8. The third-order valence-corrected chi connectivity index (χ3v) is 4.66. The summed E-state index contributed by atoms with van der Waals surface area (Å²) in [6, 6.07) is 0.469. The van der Waals surface area contributed by atoms with Gasteiger partial charge in [-0.2, -0.15) is 4.31 Å². The summed E-state index contributed by atoms with van der Waals surface area (Å²) >= 11 is 0. The molecule has 0 radical (unpaired) electrons. The van der Waals surface area contributed by atoms with Crippen LogP contribution < -0.4 is 4.90 Å². The van der Waals surface area contributed by atoms with Crippen LogP contribution in [0.4, 0.5) is 6.01 Å². The number of piperazine rings is 1. The van der Waals surface area contributed by atoms with E-state index in [0.717, 1.165) is 0 Å². The molecule has 0 saturated carbocycles. The summed E-state index contributed by atoms with van der Waals surface area (Å²) in [6.45, 7) is 5.49. The summed E-state index contributed by atoms with van der Waals surface area (Å²) in [5.74, 6) is 0.663. The van der Waals surface area contributed by atoms with Crippen molar-refractivity contribution in [3.8, 4) is 0 Å². The lowest BCUT2D eigenvalue weighted by atomic mass is 10.4. The molecule has 17 heavy (non-hydrogen) atoms. The van der Waals surface area contributed by atoms with Crippen LogP contribution in [0.2, 0.25) is 0 Å². The van der Waals surface area contributed by atoms with Gasteiger partial charge in [-0.3, -0.25) is 0 Å². The quantitative estimate of drug-likeness (QED) is 0.752. The molecule has 7 nitrogen and oxygen atoms in total. The van der Waals surface area contributed by atoms with E-state index < -0.39 is 10.0 Å². The highest BCUT2D eigenvalue weighted by Gasteiger charge is 2.27. The summed E-state index contributed by atoms with van der Waals surface area (Å²) in [7, 11) is -3.08. The Hall–Kier alpha value is -1.15. The summed E-state index contributed by atoms with van der Waals surface area (Å²) in [4.78, 5) is 1.90. The van der Waals surface area contributed by atoms with Crippen molar-refractivity contribution in [3.05, 3.63) is 5.89 Å². The minimum atomic E-state index is -3.08. The molecule has 1 aromatic rings. The summed E-state index contributed by atoms with van der Waals surface area (Å²) in [5.41, 5.74) is 0. The molecule has 0 aliphatic carbocycles. The van der Waals surface area contributed by atoms with E-state index >= 15 is 0 Å². The number of nitrogens with zero attached hydrogens (tertiary/aromatic N) is 4. The van der Waals surface area contributed by atoms with Gasteiger partial charge in [-0.25, -0.2) is 8.42 Å². The van der Waals surface area contributed by atoms with Gasteiger partial charge in [0, 0.05) is 33.1 Å². The first-order valence-electron chi connectivity index (χ1n) is 5.56. The van der Waals surface area contributed by atoms with E-state index in [0.29, 0.717) is 38.1 Å². The average Bonchev–Trinajstić information content (AvgIpc) is 2.76. The Bertz CT molecular complexity index is 476. The van der Waals surface area contributed by atoms with Crippen molar-refractivity contribution < 1.29 is 12.8 Å². The second kappa shape index (κ2) is 4.61. The Morgan fingerprint density at radius 2 is 1.88 bits per heavy atom. The molecule has 2 heterocycles. The van der Waals surface area contributed by atoms with Gasteiger partial charge in [0.05, 0.1) is 5.75 Å². The molecule has 0 aromatic carbocycles. The molecule has 0 spiro atoms. The van der Waals surface area contributed by atoms with Crippen molar-refractivity contribution in [1.82, 2.24) is 14.5 Å². The Balaban J connectivity index is 1.99. The molecular formula is C9H16N4O3S. The number of sulfonamides is 1. The van der Waals surface area contributed by atoms with Crippen molar-refractivity contribution in [3.63, 3.8) is 0 Å². The molecule has 0 atom stereocenters. The number of hydrogen-bond acceptors (Lipinski definition) is 6. The van der Waals surface area contributed by atoms with Crippen molar-refractivity contribution in [2.75, 3.05) is 36.8 Å². The van der Waals surface area contributed by atoms with Gasteiger partial charge in [0.25, 0.3) is 0 Å². The van der Waals surface area contributed by atoms with Crippen LogP contribution in [-0.2, 0) is 10.0 Å². The first-order valence-corrected chi connectivity index (χ1v) is 7.16. The highest BCUT2D eigenvalue weighted by Crippen LogP contribution is 2.15. The zero-order chi connectivity index (χ0) is 12.5. The van der Waals surface area contributed by atoms with E-state index in [-0.39, 0.29) is 5.75 Å². The van der Waals surface area contributed by atoms with Crippen molar-refractivity contribution >= 4 is 16.0 Å². The molecule has 2 rings (SSSR count). The molecule has 8 heteroatoms. The van der Waals surface area contributed by atoms with Crippen LogP contribution in [0.25, 0.3) is 0 Å². The SMILES string of the molecule is CCS(=O)(=O)N1CCN(c2nnc(C)o2)CC1. The van der Waals surface area contributed by atoms with Gasteiger partial charge in [0.1, 0.15) is 0 Å². The molecule has 1 aromatic heterocycles. The smallest absolute Gasteiger partial charge is 0.318 e. The summed E-state index contributed by atoms with van der Waals surface area (Å²) in [6.07, 6.45) is 0. The van der Waals surface area contributed by atoms with Crippen LogP contribution in [0.5, 0.6) is 0 Å². The lowest BCUT2D eigenvalue weighted by Crippen LogP contribution is -2.49. The van der Waals surface area contributed by atoms with E-state index in [2.05, 4.69) is 10.2 Å². The van der Waals surface area contributed by atoms with Crippen molar-refractivity contribution in [1.29, 1.82) is 0 Å². The van der Waals surface area contributed by atoms with E-state index in [1.54, 1.807) is 13.8 Å². The first kappa shape index (κ1) is 12.3. The highest BCUT2D eigenvalue weighted by molar-refractivity contribution is 7.89. The summed E-state index contributed by atoms with van der Waals surface area (Å²) < 4.78 is 30.1. The molecule has 1 aliphatic rings. The molecule has 0 amide bonds. The van der Waals surface area contributed by atoms with Gasteiger partial charge >= 0.3 is 6.01 Å². The molecule has 0 N–H and O–H groups in total. The monoisotopic (exact) mass is 260 g/mol. The predicted octanol–water partition coefficient (Wildman–Crippen LogP) is -0.150. The largest absolute Gasteiger partial charge is 0.408 e. The molecule has 1 fully saturated rings. The molecule has 96 valence electrons. The van der Waals surface area contributed by atoms with Crippen molar-refractivity contribution in [2.45, 2.75) is 13.8 Å². The third kappa shape index (κ3) is 2.58. The summed E-state index contributed by atoms with van der Waals surface area (Å²) in [5, 5.41) is 7.67. The molecule has 0 unspecified atom stereocenters. The van der Waals surface area contributed by atoms with Gasteiger partial charge in [-0.15, -0.1) is 5.10 Å². The minimum absolute atomic E-state index is 0.146. The van der Waals surface area contributed by atoms with E-state index in [1.807, 2.05) is 4.90 Å². The van der Waals surface area contributed by atoms with E-state index in [1.165, 1.54) is 4.31 Å². The van der Waals surface area contributed by atoms with Crippen molar-refractivity contribution in [2.24, 2.45) is 0 Å². The van der Waals surface area contributed by atoms with Crippen LogP contribution >= 0.6 is 0 Å². The highest BCUT2D eigenvalue weighted by atomic mass is 32.2. The standard InChI is InChI=1S/C9H16N4O3S/c1-3-17(14,15)13-6-4-12(5-7-13)9-11-10-8(2)16-9/h3-7H2,1-2H3. The Morgan fingerprint density at radius 3 is 2.35 bits per heavy atom. The number of aryl methyl sites for hydroxylation is 1. The van der Waals surface area contributed by atoms with E-state index in [9.17, 15) is 8.42 Å². The molecular weight excluding hydrogens is 244 g/mol. The average molecular weight is 260 g/mol. The lowest BCUT2D eigenvalue weighted by molar-refractivity contribution is 0.370. The Kier molecular flexibility index (Phi) is 3.34. The van der Waals surface area contributed by atoms with Gasteiger partial charge in [0.2, 0.25) is 15.9 Å². The first-order chi connectivity index (χ1) is 8.03. The fraction of sp³-hybridized carbons (Fsp3) is 0.778. The van der Waals surface area contributed by atoms with Crippen LogP contribution in [-0.4, -0.2) is 54.9 Å². The minimum Gasteiger partial charge on any atom is -0.408 e. The van der Waals surface area contributed by atoms with Gasteiger partial charge in [-0.1, -0.05) is 5.10 Å².